The number of benzene rings is 1. The Balaban J connectivity index is 2.21. The number of carbonyl (C=O) groups is 1. The predicted molar refractivity (Wildman–Crippen MR) is 92.6 cm³/mol. The molecule has 0 saturated carbocycles. The summed E-state index contributed by atoms with van der Waals surface area (Å²) < 4.78 is 50.9. The maximum atomic E-state index is 13.0. The second-order valence-corrected chi connectivity index (χ2v) is 5.63. The molecule has 1 atom stereocenters. The summed E-state index contributed by atoms with van der Waals surface area (Å²) in [6, 6.07) is 3.38. The van der Waals surface area contributed by atoms with Crippen LogP contribution in [0, 0.1) is 0 Å². The molecule has 0 fully saturated rings. The van der Waals surface area contributed by atoms with Crippen molar-refractivity contribution in [2.75, 3.05) is 25.6 Å². The molecule has 1 aromatic heterocycles. The molecule has 2 rings (SSSR count). The van der Waals surface area contributed by atoms with Gasteiger partial charge in [0.2, 0.25) is 0 Å². The number of methoxy groups -OCH3 is 1. The Bertz CT molecular complexity index is 777. The van der Waals surface area contributed by atoms with Gasteiger partial charge in [-0.15, -0.1) is 0 Å². The van der Waals surface area contributed by atoms with Crippen molar-refractivity contribution < 1.29 is 27.4 Å². The third kappa shape index (κ3) is 5.36. The normalized spacial score (nSPS) is 12.5. The van der Waals surface area contributed by atoms with E-state index in [1.165, 1.54) is 13.2 Å². The van der Waals surface area contributed by atoms with Gasteiger partial charge in [0.15, 0.2) is 0 Å². The molecule has 2 aromatic rings. The van der Waals surface area contributed by atoms with Crippen molar-refractivity contribution in [3.8, 4) is 5.75 Å². The number of anilines is 1. The lowest BCUT2D eigenvalue weighted by Gasteiger charge is -2.20. The number of halogens is 3. The van der Waals surface area contributed by atoms with Crippen LogP contribution in [-0.4, -0.2) is 36.1 Å². The number of aryl methyl sites for hydroxylation is 1. The number of nitrogens with one attached hydrogen (secondary N) is 2. The van der Waals surface area contributed by atoms with Crippen molar-refractivity contribution in [2.45, 2.75) is 19.1 Å². The molecule has 2 N–H and O–H groups in total. The lowest BCUT2D eigenvalue weighted by atomic mass is 10.1. The summed E-state index contributed by atoms with van der Waals surface area (Å²) in [5.74, 6) is 0.143. The highest BCUT2D eigenvalue weighted by Gasteiger charge is 2.31. The zero-order chi connectivity index (χ0) is 20.0. The molecule has 0 aliphatic heterocycles. The summed E-state index contributed by atoms with van der Waals surface area (Å²) in [6.45, 7) is 2.09. The lowest BCUT2D eigenvalue weighted by Crippen LogP contribution is -2.36. The van der Waals surface area contributed by atoms with Gasteiger partial charge in [-0.25, -0.2) is 4.79 Å². The third-order valence-corrected chi connectivity index (χ3v) is 3.71. The first-order valence-corrected chi connectivity index (χ1v) is 8.14. The average molecular weight is 386 g/mol. The maximum absolute atomic E-state index is 13.0. The van der Waals surface area contributed by atoms with Crippen molar-refractivity contribution in [3.63, 3.8) is 0 Å². The van der Waals surface area contributed by atoms with E-state index in [1.54, 1.807) is 30.9 Å². The van der Waals surface area contributed by atoms with E-state index >= 15 is 0 Å². The van der Waals surface area contributed by atoms with Crippen LogP contribution >= 0.6 is 0 Å². The molecule has 0 aliphatic rings. The molecule has 1 aromatic carbocycles. The Morgan fingerprint density at radius 2 is 2.07 bits per heavy atom. The first kappa shape index (κ1) is 20.6. The van der Waals surface area contributed by atoms with Gasteiger partial charge in [0, 0.05) is 20.4 Å². The smallest absolute Gasteiger partial charge is 0.416 e. The monoisotopic (exact) mass is 386 g/mol. The topological polar surface area (TPSA) is 77.4 Å². The minimum absolute atomic E-state index is 0.0784. The third-order valence-electron chi connectivity index (χ3n) is 3.71. The molecular formula is C17H21F3N4O3. The number of nitrogens with zero attached hydrogens (tertiary/aromatic N) is 2. The average Bonchev–Trinajstić information content (AvgIpc) is 3.01. The second-order valence-electron chi connectivity index (χ2n) is 5.63. The molecule has 0 unspecified atom stereocenters. The first-order valence-electron chi connectivity index (χ1n) is 8.14. The molecule has 0 aliphatic carbocycles. The summed E-state index contributed by atoms with van der Waals surface area (Å²) in [5.41, 5.74) is -0.284. The lowest BCUT2D eigenvalue weighted by molar-refractivity contribution is -0.137. The van der Waals surface area contributed by atoms with Crippen LogP contribution in [0.15, 0.2) is 30.5 Å². The SMILES string of the molecule is CCOc1ccc(C(F)(F)F)cc1NC(=O)N[C@@H](COC)c1ccnn1C. The van der Waals surface area contributed by atoms with Gasteiger partial charge >= 0.3 is 12.2 Å². The number of hydrogen-bond donors (Lipinski definition) is 2. The van der Waals surface area contributed by atoms with Crippen LogP contribution in [-0.2, 0) is 18.0 Å². The quantitative estimate of drug-likeness (QED) is 0.765. The van der Waals surface area contributed by atoms with Gasteiger partial charge in [0.1, 0.15) is 5.75 Å². The van der Waals surface area contributed by atoms with E-state index < -0.39 is 23.8 Å². The van der Waals surface area contributed by atoms with Crippen LogP contribution in [0.2, 0.25) is 0 Å². The molecule has 7 nitrogen and oxygen atoms in total. The van der Waals surface area contributed by atoms with E-state index in [0.717, 1.165) is 12.1 Å². The Hall–Kier alpha value is -2.75. The summed E-state index contributed by atoms with van der Waals surface area (Å²) in [4.78, 5) is 12.4. The van der Waals surface area contributed by atoms with Crippen molar-refractivity contribution >= 4 is 11.7 Å². The highest BCUT2D eigenvalue weighted by atomic mass is 19.4. The standard InChI is InChI=1S/C17H21F3N4O3/c1-4-27-15-6-5-11(17(18,19)20)9-12(15)22-16(25)23-13(10-26-3)14-7-8-21-24(14)2/h5-9,13H,4,10H2,1-3H3,(H2,22,23,25)/t13-/m0/s1. The fourth-order valence-electron chi connectivity index (χ4n) is 2.50. The van der Waals surface area contributed by atoms with E-state index in [9.17, 15) is 18.0 Å². The molecule has 0 saturated heterocycles. The van der Waals surface area contributed by atoms with Gasteiger partial charge in [-0.1, -0.05) is 0 Å². The number of aromatic nitrogens is 2. The fourth-order valence-corrected chi connectivity index (χ4v) is 2.50. The van der Waals surface area contributed by atoms with E-state index in [4.69, 9.17) is 9.47 Å². The second kappa shape index (κ2) is 8.76. The Morgan fingerprint density at radius 3 is 2.63 bits per heavy atom. The molecule has 27 heavy (non-hydrogen) atoms. The molecule has 10 heteroatoms. The Morgan fingerprint density at radius 1 is 1.33 bits per heavy atom. The highest BCUT2D eigenvalue weighted by Crippen LogP contribution is 2.35. The molecule has 0 radical (unpaired) electrons. The van der Waals surface area contributed by atoms with Gasteiger partial charge in [0.05, 0.1) is 36.2 Å². The minimum Gasteiger partial charge on any atom is -0.492 e. The van der Waals surface area contributed by atoms with Crippen LogP contribution in [0.25, 0.3) is 0 Å². The van der Waals surface area contributed by atoms with Gasteiger partial charge in [0.25, 0.3) is 0 Å². The maximum Gasteiger partial charge on any atom is 0.416 e. The molecule has 0 spiro atoms. The van der Waals surface area contributed by atoms with Gasteiger partial charge < -0.3 is 20.1 Å². The molecule has 2 amide bonds. The number of alkyl halides is 3. The van der Waals surface area contributed by atoms with Crippen molar-refractivity contribution in [1.82, 2.24) is 15.1 Å². The summed E-state index contributed by atoms with van der Waals surface area (Å²) in [6.07, 6.45) is -2.97. The van der Waals surface area contributed by atoms with Crippen LogP contribution < -0.4 is 15.4 Å². The zero-order valence-electron chi connectivity index (χ0n) is 15.1. The van der Waals surface area contributed by atoms with Crippen LogP contribution in [0.4, 0.5) is 23.7 Å². The van der Waals surface area contributed by atoms with Gasteiger partial charge in [-0.3, -0.25) is 4.68 Å². The van der Waals surface area contributed by atoms with Gasteiger partial charge in [-0.05, 0) is 31.2 Å². The minimum atomic E-state index is -4.54. The number of rotatable bonds is 7. The molecule has 1 heterocycles. The van der Waals surface area contributed by atoms with E-state index in [1.807, 2.05) is 0 Å². The Kier molecular flexibility index (Phi) is 6.67. The number of hydrogen-bond acceptors (Lipinski definition) is 4. The number of urea groups is 1. The van der Waals surface area contributed by atoms with Crippen molar-refractivity contribution in [1.29, 1.82) is 0 Å². The summed E-state index contributed by atoms with van der Waals surface area (Å²) >= 11 is 0. The largest absolute Gasteiger partial charge is 0.492 e. The van der Waals surface area contributed by atoms with Crippen molar-refractivity contribution in [2.24, 2.45) is 7.05 Å². The first-order chi connectivity index (χ1) is 12.8. The van der Waals surface area contributed by atoms with E-state index in [0.29, 0.717) is 5.69 Å². The molecule has 148 valence electrons. The van der Waals surface area contributed by atoms with E-state index in [-0.39, 0.29) is 24.7 Å². The number of ether oxygens (including phenoxy) is 2. The van der Waals surface area contributed by atoms with Crippen LogP contribution in [0.5, 0.6) is 5.75 Å². The summed E-state index contributed by atoms with van der Waals surface area (Å²) in [7, 11) is 3.18. The Labute approximate surface area is 154 Å². The number of amides is 2. The fraction of sp³-hybridized carbons (Fsp3) is 0.412. The predicted octanol–water partition coefficient (Wildman–Crippen LogP) is 3.35. The van der Waals surface area contributed by atoms with Gasteiger partial charge in [-0.2, -0.15) is 18.3 Å². The number of carbonyl (C=O) groups excluding carboxylic acids is 1. The highest BCUT2D eigenvalue weighted by molar-refractivity contribution is 5.91. The zero-order valence-corrected chi connectivity index (χ0v) is 15.1. The molecule has 0 bridgehead atoms. The van der Waals surface area contributed by atoms with Crippen molar-refractivity contribution in [3.05, 3.63) is 41.7 Å². The van der Waals surface area contributed by atoms with Crippen LogP contribution in [0.1, 0.15) is 24.2 Å². The van der Waals surface area contributed by atoms with Crippen LogP contribution in [0.3, 0.4) is 0 Å². The molecular weight excluding hydrogens is 365 g/mol. The van der Waals surface area contributed by atoms with E-state index in [2.05, 4.69) is 15.7 Å². The summed E-state index contributed by atoms with van der Waals surface area (Å²) in [5, 5.41) is 9.11.